The van der Waals surface area contributed by atoms with Crippen LogP contribution in [0.2, 0.25) is 0 Å². The number of rotatable bonds is 5. The van der Waals surface area contributed by atoms with E-state index in [4.69, 9.17) is 4.74 Å². The number of hydrogen-bond acceptors (Lipinski definition) is 3. The third-order valence-electron chi connectivity index (χ3n) is 5.24. The average Bonchev–Trinajstić information content (AvgIpc) is 2.75. The standard InChI is InChI=1S/C24H26N2O/c1-27-24-13-6-5-12-23(24)26-16-14-25(15-17-26)19-20-8-7-11-22(18-20)21-9-3-2-4-10-21/h2-13,18H,14-17,19H2,1H3. The zero-order valence-corrected chi connectivity index (χ0v) is 15.8. The van der Waals surface area contributed by atoms with E-state index < -0.39 is 0 Å². The van der Waals surface area contributed by atoms with Crippen LogP contribution in [0.3, 0.4) is 0 Å². The summed E-state index contributed by atoms with van der Waals surface area (Å²) in [5.41, 5.74) is 5.15. The molecule has 3 heteroatoms. The Kier molecular flexibility index (Phi) is 5.40. The molecule has 1 aliphatic heterocycles. The molecule has 138 valence electrons. The maximum Gasteiger partial charge on any atom is 0.142 e. The van der Waals surface area contributed by atoms with Crippen molar-refractivity contribution in [3.8, 4) is 16.9 Å². The summed E-state index contributed by atoms with van der Waals surface area (Å²) >= 11 is 0. The first-order valence-electron chi connectivity index (χ1n) is 9.58. The van der Waals surface area contributed by atoms with Crippen molar-refractivity contribution in [3.63, 3.8) is 0 Å². The molecule has 1 fully saturated rings. The number of benzene rings is 3. The van der Waals surface area contributed by atoms with Crippen LogP contribution in [-0.4, -0.2) is 38.2 Å². The molecule has 1 aliphatic rings. The summed E-state index contributed by atoms with van der Waals surface area (Å²) in [6, 6.07) is 27.8. The normalized spacial score (nSPS) is 14.9. The number of hydrogen-bond donors (Lipinski definition) is 0. The van der Waals surface area contributed by atoms with Gasteiger partial charge in [0.2, 0.25) is 0 Å². The Morgan fingerprint density at radius 1 is 0.741 bits per heavy atom. The third kappa shape index (κ3) is 4.15. The number of piperazine rings is 1. The Bertz CT molecular complexity index is 870. The summed E-state index contributed by atoms with van der Waals surface area (Å²) in [6.45, 7) is 5.18. The molecule has 0 radical (unpaired) electrons. The molecule has 0 atom stereocenters. The highest BCUT2D eigenvalue weighted by molar-refractivity contribution is 5.64. The van der Waals surface area contributed by atoms with Crippen LogP contribution in [0.15, 0.2) is 78.9 Å². The highest BCUT2D eigenvalue weighted by Crippen LogP contribution is 2.28. The van der Waals surface area contributed by atoms with Gasteiger partial charge in [-0.05, 0) is 34.9 Å². The van der Waals surface area contributed by atoms with Crippen LogP contribution in [0.5, 0.6) is 5.75 Å². The number of ether oxygens (including phenoxy) is 1. The van der Waals surface area contributed by atoms with E-state index in [0.29, 0.717) is 0 Å². The molecule has 0 N–H and O–H groups in total. The Labute approximate surface area is 161 Å². The van der Waals surface area contributed by atoms with Gasteiger partial charge in [0.05, 0.1) is 12.8 Å². The van der Waals surface area contributed by atoms with Crippen LogP contribution >= 0.6 is 0 Å². The fourth-order valence-corrected chi connectivity index (χ4v) is 3.78. The molecule has 3 aromatic carbocycles. The van der Waals surface area contributed by atoms with Crippen LogP contribution in [0.1, 0.15) is 5.56 Å². The van der Waals surface area contributed by atoms with Gasteiger partial charge in [-0.3, -0.25) is 4.90 Å². The van der Waals surface area contributed by atoms with E-state index in [1.807, 2.05) is 12.1 Å². The first-order chi connectivity index (χ1) is 13.3. The van der Waals surface area contributed by atoms with Crippen molar-refractivity contribution in [1.82, 2.24) is 4.90 Å². The largest absolute Gasteiger partial charge is 0.495 e. The zero-order valence-electron chi connectivity index (χ0n) is 15.8. The van der Waals surface area contributed by atoms with Gasteiger partial charge in [0.15, 0.2) is 0 Å². The predicted molar refractivity (Wildman–Crippen MR) is 112 cm³/mol. The molecule has 0 amide bonds. The number of nitrogens with zero attached hydrogens (tertiary/aromatic N) is 2. The van der Waals surface area contributed by atoms with Gasteiger partial charge in [0.1, 0.15) is 5.75 Å². The lowest BCUT2D eigenvalue weighted by molar-refractivity contribution is 0.249. The summed E-state index contributed by atoms with van der Waals surface area (Å²) in [5, 5.41) is 0. The SMILES string of the molecule is COc1ccccc1N1CCN(Cc2cccc(-c3ccccc3)c2)CC1. The van der Waals surface area contributed by atoms with Gasteiger partial charge in [0, 0.05) is 32.7 Å². The van der Waals surface area contributed by atoms with Crippen molar-refractivity contribution in [2.45, 2.75) is 6.54 Å². The Hall–Kier alpha value is -2.78. The lowest BCUT2D eigenvalue weighted by Gasteiger charge is -2.36. The van der Waals surface area contributed by atoms with Crippen molar-refractivity contribution in [2.75, 3.05) is 38.2 Å². The lowest BCUT2D eigenvalue weighted by Crippen LogP contribution is -2.46. The lowest BCUT2D eigenvalue weighted by atomic mass is 10.0. The van der Waals surface area contributed by atoms with Gasteiger partial charge in [-0.15, -0.1) is 0 Å². The highest BCUT2D eigenvalue weighted by Gasteiger charge is 2.19. The van der Waals surface area contributed by atoms with Crippen molar-refractivity contribution in [1.29, 1.82) is 0 Å². The molecule has 3 nitrogen and oxygen atoms in total. The molecule has 0 aromatic heterocycles. The summed E-state index contributed by atoms with van der Waals surface area (Å²) in [5.74, 6) is 0.960. The topological polar surface area (TPSA) is 15.7 Å². The van der Waals surface area contributed by atoms with Crippen LogP contribution < -0.4 is 9.64 Å². The number of methoxy groups -OCH3 is 1. The minimum atomic E-state index is 0.960. The Balaban J connectivity index is 1.40. The van der Waals surface area contributed by atoms with Gasteiger partial charge in [-0.2, -0.15) is 0 Å². The summed E-state index contributed by atoms with van der Waals surface area (Å²) in [7, 11) is 1.74. The van der Waals surface area contributed by atoms with Crippen molar-refractivity contribution in [2.24, 2.45) is 0 Å². The molecule has 0 spiro atoms. The molecule has 4 rings (SSSR count). The maximum atomic E-state index is 5.52. The van der Waals surface area contributed by atoms with Crippen LogP contribution in [-0.2, 0) is 6.54 Å². The minimum absolute atomic E-state index is 0.960. The molecule has 0 aliphatic carbocycles. The smallest absolute Gasteiger partial charge is 0.142 e. The van der Waals surface area contributed by atoms with Crippen molar-refractivity contribution in [3.05, 3.63) is 84.4 Å². The number of para-hydroxylation sites is 2. The fraction of sp³-hybridized carbons (Fsp3) is 0.250. The van der Waals surface area contributed by atoms with Crippen molar-refractivity contribution >= 4 is 5.69 Å². The summed E-state index contributed by atoms with van der Waals surface area (Å²) in [6.07, 6.45) is 0. The molecule has 0 unspecified atom stereocenters. The maximum absolute atomic E-state index is 5.52. The molecule has 0 bridgehead atoms. The minimum Gasteiger partial charge on any atom is -0.495 e. The Morgan fingerprint density at radius 3 is 2.22 bits per heavy atom. The average molecular weight is 358 g/mol. The van der Waals surface area contributed by atoms with E-state index in [0.717, 1.165) is 38.5 Å². The van der Waals surface area contributed by atoms with E-state index in [9.17, 15) is 0 Å². The quantitative estimate of drug-likeness (QED) is 0.658. The molecule has 27 heavy (non-hydrogen) atoms. The molecule has 0 saturated carbocycles. The van der Waals surface area contributed by atoms with Gasteiger partial charge < -0.3 is 9.64 Å². The van der Waals surface area contributed by atoms with Crippen LogP contribution in [0.4, 0.5) is 5.69 Å². The van der Waals surface area contributed by atoms with E-state index in [1.165, 1.54) is 22.4 Å². The second-order valence-corrected chi connectivity index (χ2v) is 7.00. The van der Waals surface area contributed by atoms with Gasteiger partial charge >= 0.3 is 0 Å². The van der Waals surface area contributed by atoms with E-state index in [-0.39, 0.29) is 0 Å². The van der Waals surface area contributed by atoms with E-state index >= 15 is 0 Å². The molecule has 3 aromatic rings. The first-order valence-corrected chi connectivity index (χ1v) is 9.58. The third-order valence-corrected chi connectivity index (χ3v) is 5.24. The van der Waals surface area contributed by atoms with E-state index in [1.54, 1.807) is 7.11 Å². The highest BCUT2D eigenvalue weighted by atomic mass is 16.5. The van der Waals surface area contributed by atoms with Gasteiger partial charge in [-0.25, -0.2) is 0 Å². The molecule has 1 heterocycles. The first kappa shape index (κ1) is 17.6. The van der Waals surface area contributed by atoms with Crippen LogP contribution in [0.25, 0.3) is 11.1 Å². The van der Waals surface area contributed by atoms with Gasteiger partial charge in [-0.1, -0.05) is 60.7 Å². The Morgan fingerprint density at radius 2 is 1.44 bits per heavy atom. The zero-order chi connectivity index (χ0) is 18.5. The second-order valence-electron chi connectivity index (χ2n) is 7.00. The number of anilines is 1. The van der Waals surface area contributed by atoms with Crippen LogP contribution in [0, 0.1) is 0 Å². The molecule has 1 saturated heterocycles. The van der Waals surface area contributed by atoms with E-state index in [2.05, 4.69) is 76.5 Å². The second kappa shape index (κ2) is 8.28. The summed E-state index contributed by atoms with van der Waals surface area (Å²) < 4.78 is 5.52. The monoisotopic (exact) mass is 358 g/mol. The van der Waals surface area contributed by atoms with Gasteiger partial charge in [0.25, 0.3) is 0 Å². The molecular weight excluding hydrogens is 332 g/mol. The molecular formula is C24H26N2O. The fourth-order valence-electron chi connectivity index (χ4n) is 3.78. The predicted octanol–water partition coefficient (Wildman–Crippen LogP) is 4.68. The summed E-state index contributed by atoms with van der Waals surface area (Å²) in [4.78, 5) is 4.96. The van der Waals surface area contributed by atoms with Crippen molar-refractivity contribution < 1.29 is 4.74 Å².